The highest BCUT2D eigenvalue weighted by molar-refractivity contribution is 6.30. The van der Waals surface area contributed by atoms with Crippen LogP contribution in [0.25, 0.3) is 0 Å². The Balaban J connectivity index is 2.59. The normalized spacial score (nSPS) is 12.8. The third-order valence-corrected chi connectivity index (χ3v) is 2.58. The molecule has 0 aliphatic carbocycles. The molecule has 0 aliphatic heterocycles. The van der Waals surface area contributed by atoms with Crippen LogP contribution in [0.2, 0.25) is 5.02 Å². The predicted octanol–water partition coefficient (Wildman–Crippen LogP) is 2.54. The summed E-state index contributed by atoms with van der Waals surface area (Å²) in [5.74, 6) is -0.770. The number of rotatable bonds is 5. The largest absolute Gasteiger partial charge is 0.480 e. The number of halogens is 1. The lowest BCUT2D eigenvalue weighted by atomic mass is 10.0. The summed E-state index contributed by atoms with van der Waals surface area (Å²) in [6, 6.07) is 6.86. The summed E-state index contributed by atoms with van der Waals surface area (Å²) in [5.41, 5.74) is 0.986. The van der Waals surface area contributed by atoms with Crippen LogP contribution in [0, 0.1) is 5.92 Å². The van der Waals surface area contributed by atoms with Crippen molar-refractivity contribution in [3.63, 3.8) is 0 Å². The van der Waals surface area contributed by atoms with Crippen molar-refractivity contribution in [1.29, 1.82) is 0 Å². The van der Waals surface area contributed by atoms with Crippen LogP contribution >= 0.6 is 11.6 Å². The first kappa shape index (κ1) is 13.0. The standard InChI is InChI=1S/C12H16ClNO2/c1-8(2)11(12(15)16)14-7-9-4-3-5-10(13)6-9/h3-6,8,11,14H,7H2,1-2H3,(H,15,16). The molecule has 0 spiro atoms. The van der Waals surface area contributed by atoms with E-state index in [1.54, 1.807) is 6.07 Å². The number of carboxylic acids is 1. The van der Waals surface area contributed by atoms with E-state index in [1.165, 1.54) is 0 Å². The summed E-state index contributed by atoms with van der Waals surface area (Å²) in [6.07, 6.45) is 0. The highest BCUT2D eigenvalue weighted by atomic mass is 35.5. The SMILES string of the molecule is CC(C)C(NCc1cccc(Cl)c1)C(=O)O. The van der Waals surface area contributed by atoms with Gasteiger partial charge in [-0.1, -0.05) is 37.6 Å². The Labute approximate surface area is 100 Å². The first-order chi connectivity index (χ1) is 7.50. The fourth-order valence-electron chi connectivity index (χ4n) is 1.48. The van der Waals surface area contributed by atoms with E-state index in [-0.39, 0.29) is 5.92 Å². The maximum atomic E-state index is 10.9. The van der Waals surface area contributed by atoms with Gasteiger partial charge in [-0.3, -0.25) is 4.79 Å². The second-order valence-corrected chi connectivity index (χ2v) is 4.51. The highest BCUT2D eigenvalue weighted by Crippen LogP contribution is 2.11. The molecule has 0 amide bonds. The van der Waals surface area contributed by atoms with Gasteiger partial charge in [0, 0.05) is 11.6 Å². The lowest BCUT2D eigenvalue weighted by Crippen LogP contribution is -2.40. The molecule has 16 heavy (non-hydrogen) atoms. The van der Waals surface area contributed by atoms with Crippen LogP contribution < -0.4 is 5.32 Å². The topological polar surface area (TPSA) is 49.3 Å². The zero-order valence-electron chi connectivity index (χ0n) is 9.40. The molecule has 0 bridgehead atoms. The number of benzene rings is 1. The van der Waals surface area contributed by atoms with Gasteiger partial charge in [0.2, 0.25) is 0 Å². The lowest BCUT2D eigenvalue weighted by Gasteiger charge is -2.17. The van der Waals surface area contributed by atoms with Crippen molar-refractivity contribution in [2.45, 2.75) is 26.4 Å². The fraction of sp³-hybridized carbons (Fsp3) is 0.417. The minimum Gasteiger partial charge on any atom is -0.480 e. The highest BCUT2D eigenvalue weighted by Gasteiger charge is 2.20. The zero-order chi connectivity index (χ0) is 12.1. The maximum Gasteiger partial charge on any atom is 0.320 e. The van der Waals surface area contributed by atoms with Gasteiger partial charge < -0.3 is 10.4 Å². The Morgan fingerprint density at radius 2 is 2.19 bits per heavy atom. The Morgan fingerprint density at radius 3 is 2.69 bits per heavy atom. The van der Waals surface area contributed by atoms with Crippen molar-refractivity contribution >= 4 is 17.6 Å². The van der Waals surface area contributed by atoms with Crippen LogP contribution in [0.3, 0.4) is 0 Å². The number of carboxylic acid groups (broad SMARTS) is 1. The molecule has 1 rings (SSSR count). The third-order valence-electron chi connectivity index (χ3n) is 2.35. The summed E-state index contributed by atoms with van der Waals surface area (Å²) in [6.45, 7) is 4.27. The second kappa shape index (κ2) is 5.87. The lowest BCUT2D eigenvalue weighted by molar-refractivity contribution is -0.140. The molecule has 1 aromatic rings. The van der Waals surface area contributed by atoms with Crippen LogP contribution in [-0.2, 0) is 11.3 Å². The van der Waals surface area contributed by atoms with Crippen molar-refractivity contribution < 1.29 is 9.90 Å². The van der Waals surface area contributed by atoms with Crippen molar-refractivity contribution in [2.75, 3.05) is 0 Å². The van der Waals surface area contributed by atoms with E-state index in [0.717, 1.165) is 5.56 Å². The summed E-state index contributed by atoms with van der Waals surface area (Å²) in [4.78, 5) is 10.9. The number of carbonyl (C=O) groups is 1. The van der Waals surface area contributed by atoms with Gasteiger partial charge in [0.1, 0.15) is 6.04 Å². The quantitative estimate of drug-likeness (QED) is 0.833. The van der Waals surface area contributed by atoms with Gasteiger partial charge in [0.15, 0.2) is 0 Å². The first-order valence-electron chi connectivity index (χ1n) is 5.21. The van der Waals surface area contributed by atoms with E-state index >= 15 is 0 Å². The Hall–Kier alpha value is -1.06. The van der Waals surface area contributed by atoms with E-state index in [1.807, 2.05) is 32.0 Å². The summed E-state index contributed by atoms with van der Waals surface area (Å²) in [5, 5.41) is 12.7. The molecule has 0 heterocycles. The summed E-state index contributed by atoms with van der Waals surface area (Å²) >= 11 is 5.84. The fourth-order valence-corrected chi connectivity index (χ4v) is 1.70. The number of nitrogens with one attached hydrogen (secondary N) is 1. The van der Waals surface area contributed by atoms with Crippen molar-refractivity contribution in [1.82, 2.24) is 5.32 Å². The van der Waals surface area contributed by atoms with Gasteiger partial charge in [-0.05, 0) is 23.6 Å². The van der Waals surface area contributed by atoms with E-state index in [9.17, 15) is 4.79 Å². The molecule has 0 radical (unpaired) electrons. The smallest absolute Gasteiger partial charge is 0.320 e. The molecule has 3 nitrogen and oxygen atoms in total. The molecule has 88 valence electrons. The number of hydrogen-bond acceptors (Lipinski definition) is 2. The van der Waals surface area contributed by atoms with Crippen molar-refractivity contribution in [2.24, 2.45) is 5.92 Å². The van der Waals surface area contributed by atoms with E-state index in [4.69, 9.17) is 16.7 Å². The van der Waals surface area contributed by atoms with Gasteiger partial charge in [-0.25, -0.2) is 0 Å². The number of hydrogen-bond donors (Lipinski definition) is 2. The molecule has 0 aromatic heterocycles. The predicted molar refractivity (Wildman–Crippen MR) is 64.6 cm³/mol. The van der Waals surface area contributed by atoms with Gasteiger partial charge in [0.25, 0.3) is 0 Å². The minimum absolute atomic E-state index is 0.0525. The molecule has 0 saturated heterocycles. The second-order valence-electron chi connectivity index (χ2n) is 4.07. The monoisotopic (exact) mass is 241 g/mol. The van der Waals surface area contributed by atoms with Crippen LogP contribution in [0.5, 0.6) is 0 Å². The Kier molecular flexibility index (Phi) is 4.77. The van der Waals surface area contributed by atoms with Crippen LogP contribution in [0.1, 0.15) is 19.4 Å². The molecule has 1 unspecified atom stereocenters. The van der Waals surface area contributed by atoms with Gasteiger partial charge in [-0.15, -0.1) is 0 Å². The van der Waals surface area contributed by atoms with Gasteiger partial charge in [-0.2, -0.15) is 0 Å². The summed E-state index contributed by atoms with van der Waals surface area (Å²) < 4.78 is 0. The van der Waals surface area contributed by atoms with Gasteiger partial charge >= 0.3 is 5.97 Å². The molecular weight excluding hydrogens is 226 g/mol. The van der Waals surface area contributed by atoms with Crippen molar-refractivity contribution in [3.8, 4) is 0 Å². The molecule has 0 fully saturated rings. The van der Waals surface area contributed by atoms with Crippen LogP contribution in [-0.4, -0.2) is 17.1 Å². The molecule has 2 N–H and O–H groups in total. The Bertz CT molecular complexity index is 366. The maximum absolute atomic E-state index is 10.9. The van der Waals surface area contributed by atoms with Crippen molar-refractivity contribution in [3.05, 3.63) is 34.9 Å². The molecular formula is C12H16ClNO2. The summed E-state index contributed by atoms with van der Waals surface area (Å²) in [7, 11) is 0. The molecule has 1 aromatic carbocycles. The van der Waals surface area contributed by atoms with Crippen LogP contribution in [0.15, 0.2) is 24.3 Å². The average molecular weight is 242 g/mol. The zero-order valence-corrected chi connectivity index (χ0v) is 10.2. The van der Waals surface area contributed by atoms with Crippen LogP contribution in [0.4, 0.5) is 0 Å². The molecule has 0 saturated carbocycles. The van der Waals surface area contributed by atoms with E-state index in [2.05, 4.69) is 5.32 Å². The first-order valence-corrected chi connectivity index (χ1v) is 5.59. The molecule has 1 atom stereocenters. The Morgan fingerprint density at radius 1 is 1.50 bits per heavy atom. The minimum atomic E-state index is -0.822. The average Bonchev–Trinajstić information content (AvgIpc) is 2.16. The number of aliphatic carboxylic acids is 1. The third kappa shape index (κ3) is 3.83. The van der Waals surface area contributed by atoms with E-state index in [0.29, 0.717) is 11.6 Å². The van der Waals surface area contributed by atoms with Gasteiger partial charge in [0.05, 0.1) is 0 Å². The molecule has 0 aliphatic rings. The molecule has 4 heteroatoms. The van der Waals surface area contributed by atoms with E-state index < -0.39 is 12.0 Å².